The maximum Gasteiger partial charge on any atom is 0.338 e. The minimum atomic E-state index is -2.41. The van der Waals surface area contributed by atoms with Crippen molar-refractivity contribution in [2.75, 3.05) is 6.61 Å². The number of hydrogen-bond acceptors (Lipinski definition) is 11. The lowest BCUT2D eigenvalue weighted by molar-refractivity contribution is -0.384. The van der Waals surface area contributed by atoms with Crippen molar-refractivity contribution in [2.24, 2.45) is 0 Å². The number of carbonyl (C=O) groups is 3. The summed E-state index contributed by atoms with van der Waals surface area (Å²) in [5.41, 5.74) is -0.452. The zero-order chi connectivity index (χ0) is 37.5. The fourth-order valence-electron chi connectivity index (χ4n) is 5.09. The van der Waals surface area contributed by atoms with Crippen molar-refractivity contribution < 1.29 is 42.7 Å². The highest BCUT2D eigenvalue weighted by atomic mass is 32.2. The highest BCUT2D eigenvalue weighted by molar-refractivity contribution is 7.99. The Morgan fingerprint density at radius 1 is 0.692 bits per heavy atom. The fraction of sp³-hybridized carbons (Fsp3) is 0.308. The number of ether oxygens (including phenoxy) is 4. The average Bonchev–Trinajstić information content (AvgIpc) is 3.13. The number of benzene rings is 4. The minimum absolute atomic E-state index is 0.0424. The molecule has 1 saturated heterocycles. The molecule has 0 aliphatic carbocycles. The van der Waals surface area contributed by atoms with E-state index >= 15 is 0 Å². The zero-order valence-electron chi connectivity index (χ0n) is 29.5. The van der Waals surface area contributed by atoms with Gasteiger partial charge in [-0.3, -0.25) is 10.1 Å². The maximum atomic E-state index is 13.8. The van der Waals surface area contributed by atoms with Crippen LogP contribution in [-0.2, 0) is 23.4 Å². The fourth-order valence-corrected chi connectivity index (χ4v) is 7.21. The molecule has 11 nitrogen and oxygen atoms in total. The van der Waals surface area contributed by atoms with Crippen LogP contribution in [0.1, 0.15) is 51.8 Å². The normalized spacial score (nSPS) is 20.4. The van der Waals surface area contributed by atoms with Crippen LogP contribution in [0.2, 0.25) is 18.1 Å². The van der Waals surface area contributed by atoms with Gasteiger partial charge in [-0.1, -0.05) is 87.1 Å². The van der Waals surface area contributed by atoms with Crippen molar-refractivity contribution in [1.82, 2.24) is 0 Å². The summed E-state index contributed by atoms with van der Waals surface area (Å²) >= 11 is 1.12. The molecule has 0 spiro atoms. The molecule has 0 bridgehead atoms. The molecular weight excluding hydrogens is 703 g/mol. The van der Waals surface area contributed by atoms with Gasteiger partial charge in [0.05, 0.1) is 28.2 Å². The van der Waals surface area contributed by atoms with Crippen molar-refractivity contribution in [3.63, 3.8) is 0 Å². The maximum absolute atomic E-state index is 13.8. The first-order valence-electron chi connectivity index (χ1n) is 16.7. The predicted octanol–water partition coefficient (Wildman–Crippen LogP) is 8.11. The van der Waals surface area contributed by atoms with Crippen LogP contribution in [0.4, 0.5) is 5.69 Å². The minimum Gasteiger partial charge on any atom is -0.452 e. The number of nitrogens with zero attached hydrogens (tertiary/aromatic N) is 1. The van der Waals surface area contributed by atoms with Crippen molar-refractivity contribution in [2.45, 2.75) is 73.7 Å². The van der Waals surface area contributed by atoms with Gasteiger partial charge in [0.25, 0.3) is 5.69 Å². The van der Waals surface area contributed by atoms with E-state index in [9.17, 15) is 24.5 Å². The highest BCUT2D eigenvalue weighted by Crippen LogP contribution is 2.41. The second-order valence-electron chi connectivity index (χ2n) is 13.7. The molecule has 5 rings (SSSR count). The predicted molar refractivity (Wildman–Crippen MR) is 198 cm³/mol. The molecule has 0 N–H and O–H groups in total. The van der Waals surface area contributed by atoms with Crippen LogP contribution in [0.3, 0.4) is 0 Å². The molecule has 1 fully saturated rings. The lowest BCUT2D eigenvalue weighted by atomic mass is 9.98. The molecule has 1 aliphatic heterocycles. The third-order valence-electron chi connectivity index (χ3n) is 9.06. The third-order valence-corrected chi connectivity index (χ3v) is 14.7. The van der Waals surface area contributed by atoms with Gasteiger partial charge in [0.2, 0.25) is 0 Å². The lowest BCUT2D eigenvalue weighted by Gasteiger charge is -2.46. The van der Waals surface area contributed by atoms with Crippen LogP contribution < -0.4 is 0 Å². The van der Waals surface area contributed by atoms with E-state index < -0.39 is 61.0 Å². The molecule has 52 heavy (non-hydrogen) atoms. The van der Waals surface area contributed by atoms with Gasteiger partial charge in [0, 0.05) is 17.0 Å². The van der Waals surface area contributed by atoms with E-state index in [-0.39, 0.29) is 34.0 Å². The quantitative estimate of drug-likeness (QED) is 0.0457. The number of non-ortho nitro benzene ring substituents is 1. The Hall–Kier alpha value is -4.82. The summed E-state index contributed by atoms with van der Waals surface area (Å²) in [4.78, 5) is 52.6. The smallest absolute Gasteiger partial charge is 0.338 e. The van der Waals surface area contributed by atoms with E-state index in [1.807, 2.05) is 0 Å². The summed E-state index contributed by atoms with van der Waals surface area (Å²) < 4.78 is 31.8. The van der Waals surface area contributed by atoms with Crippen LogP contribution in [-0.4, -0.2) is 67.6 Å². The highest BCUT2D eigenvalue weighted by Gasteiger charge is 2.53. The molecule has 13 heteroatoms. The Kier molecular flexibility index (Phi) is 12.3. The monoisotopic (exact) mass is 743 g/mol. The molecule has 4 aromatic rings. The molecule has 1 aliphatic rings. The van der Waals surface area contributed by atoms with Gasteiger partial charge in [-0.15, -0.1) is 0 Å². The van der Waals surface area contributed by atoms with E-state index in [4.69, 9.17) is 23.4 Å². The molecule has 0 amide bonds. The van der Waals surface area contributed by atoms with E-state index in [0.717, 1.165) is 11.8 Å². The van der Waals surface area contributed by atoms with Gasteiger partial charge in [-0.05, 0) is 66.7 Å². The molecular formula is C39H41NO10SSi. The molecule has 0 radical (unpaired) electrons. The number of hydrogen-bond donors (Lipinski definition) is 0. The summed E-state index contributed by atoms with van der Waals surface area (Å²) in [5.74, 6) is -2.17. The number of thioether (sulfide) groups is 1. The van der Waals surface area contributed by atoms with E-state index in [0.29, 0.717) is 4.90 Å². The number of carbonyl (C=O) groups excluding carboxylic acids is 3. The summed E-state index contributed by atoms with van der Waals surface area (Å²) in [6, 6.07) is 30.7. The number of nitro benzene ring substituents is 1. The lowest BCUT2D eigenvalue weighted by Crippen LogP contribution is -2.62. The standard InChI is InChI=1S/C39H41NO10SSi/c1-39(2,3)52(4,5)46-25-31-32(48-35(41)26-15-9-6-10-16-26)33(49-36(42)27-17-11-7-12-18-27)34(50-37(43)28-19-13-8-14-20-28)38(47-31)51-30-23-21-29(22-24-30)40(44)45/h6-24,31-34,38H,25H2,1-5H3/t31-,32+,33+,34-,38+/m1/s1. The van der Waals surface area contributed by atoms with Crippen molar-refractivity contribution in [3.8, 4) is 0 Å². The molecule has 4 aromatic carbocycles. The molecule has 0 aromatic heterocycles. The molecule has 1 heterocycles. The Balaban J connectivity index is 1.61. The molecule has 5 atom stereocenters. The van der Waals surface area contributed by atoms with Crippen LogP contribution in [0.25, 0.3) is 0 Å². The third kappa shape index (κ3) is 9.53. The zero-order valence-corrected chi connectivity index (χ0v) is 31.3. The Bertz CT molecular complexity index is 1840. The first-order valence-corrected chi connectivity index (χ1v) is 20.5. The van der Waals surface area contributed by atoms with Crippen LogP contribution in [0.15, 0.2) is 120 Å². The van der Waals surface area contributed by atoms with Gasteiger partial charge < -0.3 is 23.4 Å². The summed E-state index contributed by atoms with van der Waals surface area (Å²) in [5, 5.41) is 11.2. The summed E-state index contributed by atoms with van der Waals surface area (Å²) in [6.07, 6.45) is -5.02. The number of nitro groups is 1. The molecule has 0 saturated carbocycles. The van der Waals surface area contributed by atoms with Crippen LogP contribution >= 0.6 is 11.8 Å². The summed E-state index contributed by atoms with van der Waals surface area (Å²) in [6.45, 7) is 10.4. The van der Waals surface area contributed by atoms with E-state index in [1.54, 1.807) is 103 Å². The first kappa shape index (κ1) is 38.4. The average molecular weight is 744 g/mol. The second kappa shape index (κ2) is 16.7. The van der Waals surface area contributed by atoms with Crippen LogP contribution in [0, 0.1) is 10.1 Å². The molecule has 272 valence electrons. The topological polar surface area (TPSA) is 141 Å². The summed E-state index contributed by atoms with van der Waals surface area (Å²) in [7, 11) is -2.41. The van der Waals surface area contributed by atoms with Crippen LogP contribution in [0.5, 0.6) is 0 Å². The Morgan fingerprint density at radius 3 is 1.54 bits per heavy atom. The molecule has 0 unspecified atom stereocenters. The van der Waals surface area contributed by atoms with Gasteiger partial charge >= 0.3 is 17.9 Å². The van der Waals surface area contributed by atoms with Crippen molar-refractivity contribution >= 4 is 43.7 Å². The Labute approximate surface area is 307 Å². The number of esters is 3. The second-order valence-corrected chi connectivity index (χ2v) is 19.7. The van der Waals surface area contributed by atoms with Gasteiger partial charge in [0.1, 0.15) is 11.5 Å². The van der Waals surface area contributed by atoms with E-state index in [2.05, 4.69) is 33.9 Å². The largest absolute Gasteiger partial charge is 0.452 e. The first-order chi connectivity index (χ1) is 24.7. The van der Waals surface area contributed by atoms with E-state index in [1.165, 1.54) is 12.1 Å². The van der Waals surface area contributed by atoms with Gasteiger partial charge in [-0.25, -0.2) is 14.4 Å². The SMILES string of the molecule is CC(C)(C)[Si](C)(C)OC[C@H]1O[C@@H](Sc2ccc([N+](=O)[O-])cc2)[C@H](OC(=O)c2ccccc2)[C@@H](OC(=O)c2ccccc2)[C@H]1OC(=O)c1ccccc1. The van der Waals surface area contributed by atoms with Gasteiger partial charge in [-0.2, -0.15) is 0 Å². The number of rotatable bonds is 12. The van der Waals surface area contributed by atoms with Gasteiger partial charge in [0.15, 0.2) is 26.6 Å². The van der Waals surface area contributed by atoms with Crippen molar-refractivity contribution in [1.29, 1.82) is 0 Å². The van der Waals surface area contributed by atoms with Crippen molar-refractivity contribution in [3.05, 3.63) is 142 Å². The Morgan fingerprint density at radius 2 is 1.12 bits per heavy atom.